The summed E-state index contributed by atoms with van der Waals surface area (Å²) in [6.07, 6.45) is 1.35. The van der Waals surface area contributed by atoms with Gasteiger partial charge in [0.15, 0.2) is 5.82 Å². The Morgan fingerprint density at radius 1 is 1.31 bits per heavy atom. The van der Waals surface area contributed by atoms with Crippen LogP contribution in [0.5, 0.6) is 5.75 Å². The highest BCUT2D eigenvalue weighted by atomic mass is 16.5. The molecule has 1 aromatic carbocycles. The minimum absolute atomic E-state index is 0.0109. The number of carbonyl (C=O) groups is 2. The normalized spacial score (nSPS) is 18.9. The fourth-order valence-corrected chi connectivity index (χ4v) is 3.65. The molecule has 2 heterocycles. The predicted octanol–water partition coefficient (Wildman–Crippen LogP) is 2.17. The maximum atomic E-state index is 13.1. The van der Waals surface area contributed by atoms with Gasteiger partial charge in [-0.15, -0.1) is 0 Å². The molecule has 2 N–H and O–H groups in total. The average molecular weight is 399 g/mol. The van der Waals surface area contributed by atoms with Crippen LogP contribution >= 0.6 is 0 Å². The lowest BCUT2D eigenvalue weighted by Crippen LogP contribution is -2.39. The number of aryl methyl sites for hydroxylation is 1. The molecule has 29 heavy (non-hydrogen) atoms. The lowest BCUT2D eigenvalue weighted by molar-refractivity contribution is -0.132. The lowest BCUT2D eigenvalue weighted by Gasteiger charge is -2.22. The highest BCUT2D eigenvalue weighted by Gasteiger charge is 2.38. The van der Waals surface area contributed by atoms with Crippen molar-refractivity contribution in [1.82, 2.24) is 25.4 Å². The zero-order chi connectivity index (χ0) is 21.0. The second kappa shape index (κ2) is 9.07. The van der Waals surface area contributed by atoms with Gasteiger partial charge in [-0.25, -0.2) is 4.98 Å². The molecule has 0 saturated carbocycles. The summed E-state index contributed by atoms with van der Waals surface area (Å²) in [5.74, 6) is 2.34. The molecule has 1 aliphatic rings. The molecule has 8 nitrogen and oxygen atoms in total. The van der Waals surface area contributed by atoms with Gasteiger partial charge in [0.1, 0.15) is 11.6 Å². The Hall–Kier alpha value is -2.90. The van der Waals surface area contributed by atoms with Crippen molar-refractivity contribution in [3.63, 3.8) is 0 Å². The second-order valence-electron chi connectivity index (χ2n) is 7.96. The number of H-pyrrole nitrogens is 1. The molecule has 156 valence electrons. The molecule has 0 radical (unpaired) electrons. The largest absolute Gasteiger partial charge is 0.497 e. The van der Waals surface area contributed by atoms with Crippen LogP contribution in [-0.2, 0) is 16.0 Å². The first-order valence-corrected chi connectivity index (χ1v) is 9.96. The van der Waals surface area contributed by atoms with Crippen LogP contribution in [0.25, 0.3) is 0 Å². The molecular formula is C21H29N5O3. The number of aromatic amines is 1. The van der Waals surface area contributed by atoms with Crippen molar-refractivity contribution in [3.05, 3.63) is 41.5 Å². The average Bonchev–Trinajstić information content (AvgIpc) is 3.27. The van der Waals surface area contributed by atoms with E-state index >= 15 is 0 Å². The summed E-state index contributed by atoms with van der Waals surface area (Å²) in [4.78, 5) is 31.5. The van der Waals surface area contributed by atoms with E-state index in [2.05, 4.69) is 20.5 Å². The molecule has 2 atom stereocenters. The van der Waals surface area contributed by atoms with Gasteiger partial charge >= 0.3 is 0 Å². The van der Waals surface area contributed by atoms with Gasteiger partial charge in [0.25, 0.3) is 0 Å². The van der Waals surface area contributed by atoms with E-state index in [-0.39, 0.29) is 36.2 Å². The Morgan fingerprint density at radius 3 is 2.62 bits per heavy atom. The smallest absolute Gasteiger partial charge is 0.227 e. The first-order chi connectivity index (χ1) is 13.9. The van der Waals surface area contributed by atoms with Crippen molar-refractivity contribution in [2.45, 2.75) is 52.1 Å². The Labute approximate surface area is 171 Å². The van der Waals surface area contributed by atoms with Gasteiger partial charge in [0.05, 0.1) is 19.6 Å². The summed E-state index contributed by atoms with van der Waals surface area (Å²) < 4.78 is 5.17. The first-order valence-electron chi connectivity index (χ1n) is 9.96. The maximum absolute atomic E-state index is 13.1. The molecule has 0 bridgehead atoms. The molecule has 1 saturated heterocycles. The van der Waals surface area contributed by atoms with Crippen LogP contribution in [0, 0.1) is 12.8 Å². The molecule has 2 unspecified atom stereocenters. The molecule has 8 heteroatoms. The number of nitrogens with one attached hydrogen (secondary N) is 2. The highest BCUT2D eigenvalue weighted by molar-refractivity contribution is 5.80. The van der Waals surface area contributed by atoms with Crippen molar-refractivity contribution in [2.24, 2.45) is 5.92 Å². The Balaban J connectivity index is 1.73. The number of methoxy groups -OCH3 is 1. The number of amides is 2. The van der Waals surface area contributed by atoms with Crippen molar-refractivity contribution >= 4 is 11.8 Å². The van der Waals surface area contributed by atoms with E-state index in [0.29, 0.717) is 31.0 Å². The van der Waals surface area contributed by atoms with Crippen LogP contribution < -0.4 is 10.1 Å². The summed E-state index contributed by atoms with van der Waals surface area (Å²) >= 11 is 0. The minimum Gasteiger partial charge on any atom is -0.497 e. The predicted molar refractivity (Wildman–Crippen MR) is 108 cm³/mol. The van der Waals surface area contributed by atoms with Gasteiger partial charge < -0.3 is 15.0 Å². The van der Waals surface area contributed by atoms with Gasteiger partial charge in [0.2, 0.25) is 11.8 Å². The van der Waals surface area contributed by atoms with Crippen LogP contribution in [0.2, 0.25) is 0 Å². The summed E-state index contributed by atoms with van der Waals surface area (Å²) in [7, 11) is 1.61. The summed E-state index contributed by atoms with van der Waals surface area (Å²) in [6.45, 7) is 6.31. The number of hydrogen-bond acceptors (Lipinski definition) is 5. The van der Waals surface area contributed by atoms with E-state index in [9.17, 15) is 9.59 Å². The zero-order valence-corrected chi connectivity index (χ0v) is 17.4. The molecular weight excluding hydrogens is 370 g/mol. The molecule has 3 rings (SSSR count). The van der Waals surface area contributed by atoms with Crippen LogP contribution in [0.15, 0.2) is 24.3 Å². The monoisotopic (exact) mass is 399 g/mol. The Bertz CT molecular complexity index is 846. The number of carbonyl (C=O) groups excluding carboxylic acids is 2. The highest BCUT2D eigenvalue weighted by Crippen LogP contribution is 2.31. The van der Waals surface area contributed by atoms with Gasteiger partial charge in [-0.05, 0) is 37.0 Å². The number of rotatable bonds is 7. The van der Waals surface area contributed by atoms with Gasteiger partial charge in [-0.1, -0.05) is 26.0 Å². The van der Waals surface area contributed by atoms with E-state index < -0.39 is 0 Å². The number of ether oxygens (including phenoxy) is 1. The molecule has 0 aliphatic carbocycles. The van der Waals surface area contributed by atoms with E-state index in [1.807, 2.05) is 45.0 Å². The third kappa shape index (κ3) is 5.34. The molecule has 1 aromatic heterocycles. The first kappa shape index (κ1) is 20.8. The van der Waals surface area contributed by atoms with E-state index in [4.69, 9.17) is 4.74 Å². The van der Waals surface area contributed by atoms with Gasteiger partial charge in [0, 0.05) is 19.0 Å². The molecule has 1 aliphatic heterocycles. The van der Waals surface area contributed by atoms with Crippen LogP contribution in [0.1, 0.15) is 49.9 Å². The molecule has 1 fully saturated rings. The minimum atomic E-state index is -0.255. The third-order valence-corrected chi connectivity index (χ3v) is 5.01. The fourth-order valence-electron chi connectivity index (χ4n) is 3.65. The molecule has 0 spiro atoms. The summed E-state index contributed by atoms with van der Waals surface area (Å²) in [5.41, 5.74) is 0.910. The number of nitrogens with zero attached hydrogens (tertiary/aromatic N) is 3. The SMILES string of the molecule is COc1ccc(CC(=O)N2CC(NC(=O)CC(C)C)CC2c2n[nH]c(C)n2)cc1. The van der Waals surface area contributed by atoms with Crippen molar-refractivity contribution in [3.8, 4) is 5.75 Å². The quantitative estimate of drug-likeness (QED) is 0.743. The standard InChI is InChI=1S/C21H29N5O3/c1-13(2)9-19(27)23-16-11-18(21-22-14(3)24-25-21)26(12-16)20(28)10-15-5-7-17(29-4)8-6-15/h5-8,13,16,18H,9-12H2,1-4H3,(H,23,27)(H,22,24,25). The summed E-state index contributed by atoms with van der Waals surface area (Å²) in [5, 5.41) is 10.2. The second-order valence-corrected chi connectivity index (χ2v) is 7.96. The van der Waals surface area contributed by atoms with Gasteiger partial charge in [-0.3, -0.25) is 14.7 Å². The van der Waals surface area contributed by atoms with Crippen LogP contribution in [0.3, 0.4) is 0 Å². The topological polar surface area (TPSA) is 100 Å². The number of aromatic nitrogens is 3. The van der Waals surface area contributed by atoms with E-state index in [1.165, 1.54) is 0 Å². The van der Waals surface area contributed by atoms with Gasteiger partial charge in [-0.2, -0.15) is 5.10 Å². The van der Waals surface area contributed by atoms with Crippen molar-refractivity contribution < 1.29 is 14.3 Å². The Kier molecular flexibility index (Phi) is 6.51. The summed E-state index contributed by atoms with van der Waals surface area (Å²) in [6, 6.07) is 7.11. The van der Waals surface area contributed by atoms with Crippen LogP contribution in [-0.4, -0.2) is 51.6 Å². The number of likely N-dealkylation sites (tertiary alicyclic amines) is 1. The fraction of sp³-hybridized carbons (Fsp3) is 0.524. The maximum Gasteiger partial charge on any atom is 0.227 e. The van der Waals surface area contributed by atoms with E-state index in [1.54, 1.807) is 12.0 Å². The lowest BCUT2D eigenvalue weighted by atomic mass is 10.1. The Morgan fingerprint density at radius 2 is 2.03 bits per heavy atom. The molecule has 2 amide bonds. The zero-order valence-electron chi connectivity index (χ0n) is 17.4. The van der Waals surface area contributed by atoms with Crippen LogP contribution in [0.4, 0.5) is 0 Å². The van der Waals surface area contributed by atoms with Crippen molar-refractivity contribution in [1.29, 1.82) is 0 Å². The number of benzene rings is 1. The van der Waals surface area contributed by atoms with Crippen molar-refractivity contribution in [2.75, 3.05) is 13.7 Å². The molecule has 2 aromatic rings. The third-order valence-electron chi connectivity index (χ3n) is 5.01. The van der Waals surface area contributed by atoms with E-state index in [0.717, 1.165) is 11.3 Å². The number of hydrogen-bond donors (Lipinski definition) is 2.